The lowest BCUT2D eigenvalue weighted by Crippen LogP contribution is -2.07. The van der Waals surface area contributed by atoms with Gasteiger partial charge in [0.2, 0.25) is 0 Å². The van der Waals surface area contributed by atoms with E-state index in [9.17, 15) is 0 Å². The number of epoxide rings is 1. The van der Waals surface area contributed by atoms with Crippen molar-refractivity contribution < 1.29 is 9.47 Å². The van der Waals surface area contributed by atoms with Crippen LogP contribution in [-0.2, 0) is 16.1 Å². The summed E-state index contributed by atoms with van der Waals surface area (Å²) in [5.74, 6) is 0.718. The summed E-state index contributed by atoms with van der Waals surface area (Å²) in [6.07, 6.45) is 4.05. The Balaban J connectivity index is 1.51. The Morgan fingerprint density at radius 1 is 1.21 bits per heavy atom. The van der Waals surface area contributed by atoms with E-state index in [1.165, 1.54) is 18.4 Å². The summed E-state index contributed by atoms with van der Waals surface area (Å²) in [5, 5.41) is 0. The molecule has 1 saturated heterocycles. The molecular weight excluding hydrogens is 236 g/mol. The van der Waals surface area contributed by atoms with Crippen molar-refractivity contribution in [1.82, 2.24) is 0 Å². The largest absolute Gasteiger partial charge is 0.377 e. The highest BCUT2D eigenvalue weighted by molar-refractivity contribution is 5.13. The molecule has 0 radical (unpaired) electrons. The lowest BCUT2D eigenvalue weighted by molar-refractivity contribution is 0.107. The minimum Gasteiger partial charge on any atom is -0.377 e. The molecule has 0 amide bonds. The van der Waals surface area contributed by atoms with Crippen molar-refractivity contribution in [3.05, 3.63) is 35.9 Å². The predicted molar refractivity (Wildman–Crippen MR) is 78.1 cm³/mol. The molecule has 106 valence electrons. The second-order valence-corrected chi connectivity index (χ2v) is 6.22. The average molecular weight is 262 g/mol. The third-order valence-electron chi connectivity index (χ3n) is 3.95. The Bertz CT molecular complexity index is 372. The van der Waals surface area contributed by atoms with Gasteiger partial charge in [0.15, 0.2) is 0 Å². The van der Waals surface area contributed by atoms with Crippen molar-refractivity contribution in [2.24, 2.45) is 5.92 Å². The summed E-state index contributed by atoms with van der Waals surface area (Å²) in [6.45, 7) is 8.23. The Hall–Kier alpha value is -0.860. The Morgan fingerprint density at radius 2 is 1.89 bits per heavy atom. The molecule has 0 aromatic heterocycles. The summed E-state index contributed by atoms with van der Waals surface area (Å²) in [7, 11) is 0. The molecule has 1 aromatic rings. The molecule has 1 aromatic carbocycles. The molecule has 1 heterocycles. The molecule has 2 rings (SSSR count). The summed E-state index contributed by atoms with van der Waals surface area (Å²) in [4.78, 5) is 0. The van der Waals surface area contributed by atoms with E-state index in [1.807, 2.05) is 6.07 Å². The molecule has 0 aliphatic carbocycles. The Kier molecular flexibility index (Phi) is 5.00. The van der Waals surface area contributed by atoms with Crippen molar-refractivity contribution in [2.45, 2.75) is 58.3 Å². The van der Waals surface area contributed by atoms with Gasteiger partial charge in [-0.25, -0.2) is 0 Å². The van der Waals surface area contributed by atoms with Gasteiger partial charge >= 0.3 is 0 Å². The molecule has 1 fully saturated rings. The maximum Gasteiger partial charge on any atom is 0.0892 e. The van der Waals surface area contributed by atoms with Crippen LogP contribution < -0.4 is 0 Å². The van der Waals surface area contributed by atoms with Gasteiger partial charge in [0.1, 0.15) is 0 Å². The third-order valence-corrected chi connectivity index (χ3v) is 3.95. The van der Waals surface area contributed by atoms with Crippen LogP contribution in [0.3, 0.4) is 0 Å². The van der Waals surface area contributed by atoms with Gasteiger partial charge in [0, 0.05) is 6.61 Å². The molecule has 2 atom stereocenters. The van der Waals surface area contributed by atoms with Crippen LogP contribution in [0.1, 0.15) is 45.6 Å². The normalized spacial score (nSPS) is 22.2. The minimum atomic E-state index is 0.142. The quantitative estimate of drug-likeness (QED) is 0.517. The molecule has 0 bridgehead atoms. The minimum absolute atomic E-state index is 0.142. The van der Waals surface area contributed by atoms with Gasteiger partial charge in [0.05, 0.1) is 18.3 Å². The molecule has 2 nitrogen and oxygen atoms in total. The lowest BCUT2D eigenvalue weighted by Gasteiger charge is -2.11. The van der Waals surface area contributed by atoms with Crippen LogP contribution in [-0.4, -0.2) is 18.3 Å². The van der Waals surface area contributed by atoms with Crippen LogP contribution in [0, 0.1) is 5.92 Å². The van der Waals surface area contributed by atoms with Gasteiger partial charge in [0.25, 0.3) is 0 Å². The van der Waals surface area contributed by atoms with Crippen LogP contribution in [0.25, 0.3) is 0 Å². The van der Waals surface area contributed by atoms with Crippen LogP contribution >= 0.6 is 0 Å². The predicted octanol–water partition coefficient (Wildman–Crippen LogP) is 4.19. The molecular formula is C17H26O2. The third kappa shape index (κ3) is 4.96. The lowest BCUT2D eigenvalue weighted by atomic mass is 9.98. The summed E-state index contributed by atoms with van der Waals surface area (Å²) >= 11 is 0. The topological polar surface area (TPSA) is 21.8 Å². The van der Waals surface area contributed by atoms with E-state index >= 15 is 0 Å². The fourth-order valence-electron chi connectivity index (χ4n) is 2.37. The molecule has 1 aliphatic heterocycles. The van der Waals surface area contributed by atoms with Gasteiger partial charge in [-0.3, -0.25) is 0 Å². The number of ether oxygens (including phenoxy) is 2. The number of benzene rings is 1. The maximum absolute atomic E-state index is 5.72. The summed E-state index contributed by atoms with van der Waals surface area (Å²) in [5.41, 5.74) is 1.40. The van der Waals surface area contributed by atoms with Crippen LogP contribution in [0.2, 0.25) is 0 Å². The van der Waals surface area contributed by atoms with Crippen molar-refractivity contribution in [3.63, 3.8) is 0 Å². The van der Waals surface area contributed by atoms with Crippen molar-refractivity contribution >= 4 is 0 Å². The first-order valence-corrected chi connectivity index (χ1v) is 7.37. The van der Waals surface area contributed by atoms with Crippen LogP contribution in [0.15, 0.2) is 30.3 Å². The van der Waals surface area contributed by atoms with Crippen molar-refractivity contribution in [3.8, 4) is 0 Å². The van der Waals surface area contributed by atoms with Crippen LogP contribution in [0.5, 0.6) is 0 Å². The number of hydrogen-bond acceptors (Lipinski definition) is 2. The second-order valence-electron chi connectivity index (χ2n) is 6.22. The van der Waals surface area contributed by atoms with E-state index in [2.05, 4.69) is 45.0 Å². The average Bonchev–Trinajstić information content (AvgIpc) is 3.01. The van der Waals surface area contributed by atoms with E-state index in [0.717, 1.165) is 25.6 Å². The fourth-order valence-corrected chi connectivity index (χ4v) is 2.37. The highest BCUT2D eigenvalue weighted by Gasteiger charge is 2.46. The van der Waals surface area contributed by atoms with E-state index in [-0.39, 0.29) is 5.60 Å². The molecule has 2 unspecified atom stereocenters. The van der Waals surface area contributed by atoms with E-state index in [4.69, 9.17) is 9.47 Å². The highest BCUT2D eigenvalue weighted by Crippen LogP contribution is 2.39. The Morgan fingerprint density at radius 3 is 2.53 bits per heavy atom. The van der Waals surface area contributed by atoms with Gasteiger partial charge in [-0.15, -0.1) is 0 Å². The summed E-state index contributed by atoms with van der Waals surface area (Å²) < 4.78 is 11.3. The molecule has 1 aliphatic rings. The molecule has 19 heavy (non-hydrogen) atoms. The first-order chi connectivity index (χ1) is 9.08. The molecule has 0 saturated carbocycles. The maximum atomic E-state index is 5.72. The van der Waals surface area contributed by atoms with E-state index in [1.54, 1.807) is 0 Å². The zero-order valence-electron chi connectivity index (χ0n) is 12.4. The first-order valence-electron chi connectivity index (χ1n) is 7.37. The summed E-state index contributed by atoms with van der Waals surface area (Å²) in [6, 6.07) is 10.4. The number of rotatable bonds is 8. The van der Waals surface area contributed by atoms with Gasteiger partial charge in [-0.05, 0) is 44.6 Å². The highest BCUT2D eigenvalue weighted by atomic mass is 16.6. The fraction of sp³-hybridized carbons (Fsp3) is 0.647. The van der Waals surface area contributed by atoms with Crippen molar-refractivity contribution in [1.29, 1.82) is 0 Å². The van der Waals surface area contributed by atoms with Gasteiger partial charge < -0.3 is 9.47 Å². The standard InChI is InChI=1S/C17H26O2/c1-14(9-10-16-17(2,3)19-16)11-12-18-13-15-7-5-4-6-8-15/h4-8,14,16H,9-13H2,1-3H3. The van der Waals surface area contributed by atoms with Gasteiger partial charge in [-0.1, -0.05) is 37.3 Å². The molecule has 0 N–H and O–H groups in total. The van der Waals surface area contributed by atoms with Crippen molar-refractivity contribution in [2.75, 3.05) is 6.61 Å². The van der Waals surface area contributed by atoms with Crippen LogP contribution in [0.4, 0.5) is 0 Å². The Labute approximate surface area is 117 Å². The monoisotopic (exact) mass is 262 g/mol. The smallest absolute Gasteiger partial charge is 0.0892 e. The van der Waals surface area contributed by atoms with E-state index in [0.29, 0.717) is 6.10 Å². The van der Waals surface area contributed by atoms with Gasteiger partial charge in [-0.2, -0.15) is 0 Å². The zero-order chi connectivity index (χ0) is 13.7. The zero-order valence-corrected chi connectivity index (χ0v) is 12.4. The number of hydrogen-bond donors (Lipinski definition) is 0. The first kappa shape index (κ1) is 14.5. The SMILES string of the molecule is CC(CCOCc1ccccc1)CCC1OC1(C)C. The molecule has 2 heteroatoms. The molecule has 0 spiro atoms. The van der Waals surface area contributed by atoms with E-state index < -0.39 is 0 Å². The second kappa shape index (κ2) is 6.53.